The van der Waals surface area contributed by atoms with Gasteiger partial charge in [0.25, 0.3) is 0 Å². The molecule has 0 aromatic heterocycles. The van der Waals surface area contributed by atoms with Gasteiger partial charge in [-0.1, -0.05) is 12.1 Å². The fourth-order valence-corrected chi connectivity index (χ4v) is 1.91. The van der Waals surface area contributed by atoms with Crippen LogP contribution in [-0.4, -0.2) is 60.8 Å². The first-order valence-corrected chi connectivity index (χ1v) is 8.81. The molecule has 0 aliphatic rings. The summed E-state index contributed by atoms with van der Waals surface area (Å²) in [5.74, 6) is -29.9. The molecule has 0 aliphatic heterocycles. The second-order valence-corrected chi connectivity index (χ2v) is 6.67. The van der Waals surface area contributed by atoms with Crippen LogP contribution in [-0.2, 0) is 23.9 Å². The number of hydrogen-bond donors (Lipinski definition) is 0. The summed E-state index contributed by atoms with van der Waals surface area (Å²) in [5.41, 5.74) is -0.998. The monoisotopic (exact) mass is 592 g/mol. The normalized spacial score (nSPS) is 14.5. The first-order valence-electron chi connectivity index (χ1n) is 8.81. The van der Waals surface area contributed by atoms with Crippen molar-refractivity contribution >= 4 is 17.9 Å². The molecule has 21 heteroatoms. The highest BCUT2D eigenvalue weighted by Crippen LogP contribution is 2.40. The Balaban J connectivity index is 3.26. The highest BCUT2D eigenvalue weighted by atomic mass is 19.4. The highest BCUT2D eigenvalue weighted by molar-refractivity contribution is 5.81. The van der Waals surface area contributed by atoms with Crippen molar-refractivity contribution < 1.29 is 94.5 Å². The molecule has 1 aromatic carbocycles. The minimum Gasteiger partial charge on any atom is -0.457 e. The van der Waals surface area contributed by atoms with Crippen molar-refractivity contribution in [2.45, 2.75) is 42.4 Å². The molecule has 6 nitrogen and oxygen atoms in total. The summed E-state index contributed by atoms with van der Waals surface area (Å²) in [6.45, 7) is -2.07. The number of ether oxygens (including phenoxy) is 3. The first kappa shape index (κ1) is 32.6. The van der Waals surface area contributed by atoms with Crippen LogP contribution in [0.3, 0.4) is 0 Å². The van der Waals surface area contributed by atoms with Gasteiger partial charge in [0, 0.05) is 0 Å². The largest absolute Gasteiger partial charge is 0.465 e. The number of halogens is 15. The molecule has 216 valence electrons. The van der Waals surface area contributed by atoms with Crippen LogP contribution in [0.15, 0.2) is 24.3 Å². The van der Waals surface area contributed by atoms with Gasteiger partial charge in [0.2, 0.25) is 0 Å². The summed E-state index contributed by atoms with van der Waals surface area (Å²) in [5, 5.41) is 0. The number of esters is 3. The molecule has 1 rings (SSSR count). The van der Waals surface area contributed by atoms with E-state index in [1.54, 1.807) is 0 Å². The Morgan fingerprint density at radius 1 is 0.579 bits per heavy atom. The Labute approximate surface area is 198 Å². The molecule has 0 bridgehead atoms. The quantitative estimate of drug-likeness (QED) is 0.232. The van der Waals surface area contributed by atoms with Crippen molar-refractivity contribution in [3.05, 3.63) is 29.8 Å². The molecule has 0 heterocycles. The SMILES string of the molecule is O=C(OCC(OC(=O)C(F)(F)C(F)(F)F)c1ccc(OC(=O)C(F)(F)C(F)(F)F)cc1)C(F)(F)C(F)(F)F. The topological polar surface area (TPSA) is 78.9 Å². The minimum absolute atomic E-state index is 0.231. The Morgan fingerprint density at radius 3 is 1.34 bits per heavy atom. The van der Waals surface area contributed by atoms with Gasteiger partial charge in [-0.05, 0) is 17.7 Å². The fraction of sp³-hybridized carbons (Fsp3) is 0.471. The third kappa shape index (κ3) is 6.91. The first-order chi connectivity index (χ1) is 16.8. The van der Waals surface area contributed by atoms with Gasteiger partial charge in [0.05, 0.1) is 0 Å². The molecule has 1 aromatic rings. The van der Waals surface area contributed by atoms with Crippen LogP contribution >= 0.6 is 0 Å². The van der Waals surface area contributed by atoms with Crippen molar-refractivity contribution in [1.82, 2.24) is 0 Å². The Kier molecular flexibility index (Phi) is 8.91. The summed E-state index contributed by atoms with van der Waals surface area (Å²) in [7, 11) is 0. The molecular formula is C17H7F15O6. The summed E-state index contributed by atoms with van der Waals surface area (Å²) < 4.78 is 199. The zero-order valence-corrected chi connectivity index (χ0v) is 17.2. The van der Waals surface area contributed by atoms with E-state index in [-0.39, 0.29) is 24.3 Å². The van der Waals surface area contributed by atoms with Gasteiger partial charge in [-0.2, -0.15) is 65.9 Å². The van der Waals surface area contributed by atoms with E-state index in [1.165, 1.54) is 0 Å². The third-order valence-corrected chi connectivity index (χ3v) is 3.91. The fourth-order valence-electron chi connectivity index (χ4n) is 1.91. The van der Waals surface area contributed by atoms with E-state index in [2.05, 4.69) is 14.2 Å². The van der Waals surface area contributed by atoms with E-state index in [0.29, 0.717) is 0 Å². The number of hydrogen-bond acceptors (Lipinski definition) is 6. The van der Waals surface area contributed by atoms with Gasteiger partial charge in [-0.25, -0.2) is 14.4 Å². The van der Waals surface area contributed by atoms with Crippen molar-refractivity contribution in [3.8, 4) is 5.75 Å². The molecule has 0 fully saturated rings. The summed E-state index contributed by atoms with van der Waals surface area (Å²) in [4.78, 5) is 33.4. The van der Waals surface area contributed by atoms with Gasteiger partial charge in [-0.3, -0.25) is 0 Å². The van der Waals surface area contributed by atoms with Crippen LogP contribution in [0.1, 0.15) is 11.7 Å². The highest BCUT2D eigenvalue weighted by Gasteiger charge is 2.67. The van der Waals surface area contributed by atoms with Crippen molar-refractivity contribution in [1.29, 1.82) is 0 Å². The van der Waals surface area contributed by atoms with E-state index in [9.17, 15) is 80.2 Å². The zero-order valence-electron chi connectivity index (χ0n) is 17.2. The van der Waals surface area contributed by atoms with Crippen LogP contribution < -0.4 is 4.74 Å². The average Bonchev–Trinajstić information content (AvgIpc) is 2.74. The summed E-state index contributed by atoms with van der Waals surface area (Å²) in [6, 6.07) is 1.00. The van der Waals surface area contributed by atoms with E-state index in [0.717, 1.165) is 0 Å². The number of alkyl halides is 15. The van der Waals surface area contributed by atoms with Crippen LogP contribution in [0, 0.1) is 0 Å². The maximum absolute atomic E-state index is 13.2. The lowest BCUT2D eigenvalue weighted by molar-refractivity contribution is -0.286. The van der Waals surface area contributed by atoms with Crippen molar-refractivity contribution in [2.24, 2.45) is 0 Å². The van der Waals surface area contributed by atoms with E-state index in [4.69, 9.17) is 0 Å². The Morgan fingerprint density at radius 2 is 0.947 bits per heavy atom. The summed E-state index contributed by atoms with van der Waals surface area (Å²) in [6.07, 6.45) is -22.4. The molecule has 38 heavy (non-hydrogen) atoms. The standard InChI is InChI=1S/C17H7F15O6/c18-12(19,15(24,25)26)9(33)36-5-8(38-11(35)14(22,23)17(30,31)32)6-1-3-7(4-2-6)37-10(34)13(20,21)16(27,28)29/h1-4,8H,5H2. The number of rotatable bonds is 8. The van der Waals surface area contributed by atoms with Crippen molar-refractivity contribution in [3.63, 3.8) is 0 Å². The lowest BCUT2D eigenvalue weighted by Gasteiger charge is -2.24. The molecule has 0 N–H and O–H groups in total. The maximum Gasteiger partial charge on any atom is 0.465 e. The lowest BCUT2D eigenvalue weighted by Crippen LogP contribution is -2.47. The number of carbonyl (C=O) groups is 3. The van der Waals surface area contributed by atoms with E-state index >= 15 is 0 Å². The van der Waals surface area contributed by atoms with Crippen LogP contribution in [0.4, 0.5) is 65.9 Å². The van der Waals surface area contributed by atoms with Crippen LogP contribution in [0.2, 0.25) is 0 Å². The Hall–Kier alpha value is -3.42. The van der Waals surface area contributed by atoms with Gasteiger partial charge in [-0.15, -0.1) is 0 Å². The predicted molar refractivity (Wildman–Crippen MR) is 84.9 cm³/mol. The number of benzene rings is 1. The third-order valence-electron chi connectivity index (χ3n) is 3.91. The van der Waals surface area contributed by atoms with Crippen molar-refractivity contribution in [2.75, 3.05) is 6.61 Å². The molecule has 1 unspecified atom stereocenters. The molecular weight excluding hydrogens is 585 g/mol. The number of carbonyl (C=O) groups excluding carboxylic acids is 3. The molecule has 0 saturated heterocycles. The lowest BCUT2D eigenvalue weighted by atomic mass is 10.1. The van der Waals surface area contributed by atoms with Crippen LogP contribution in [0.25, 0.3) is 0 Å². The molecule has 0 amide bonds. The molecule has 0 radical (unpaired) electrons. The zero-order chi connectivity index (χ0) is 30.1. The second-order valence-electron chi connectivity index (χ2n) is 6.67. The van der Waals surface area contributed by atoms with E-state index in [1.807, 2.05) is 0 Å². The van der Waals surface area contributed by atoms with Crippen LogP contribution in [0.5, 0.6) is 5.75 Å². The molecule has 0 saturated carbocycles. The van der Waals surface area contributed by atoms with Gasteiger partial charge in [0.1, 0.15) is 12.4 Å². The predicted octanol–water partition coefficient (Wildman–Crippen LogP) is 5.31. The van der Waals surface area contributed by atoms with Gasteiger partial charge in [0.15, 0.2) is 6.10 Å². The maximum atomic E-state index is 13.2. The van der Waals surface area contributed by atoms with Gasteiger partial charge >= 0.3 is 54.2 Å². The minimum atomic E-state index is -6.61. The Bertz CT molecular complexity index is 1020. The summed E-state index contributed by atoms with van der Waals surface area (Å²) >= 11 is 0. The van der Waals surface area contributed by atoms with E-state index < -0.39 is 78.2 Å². The second kappa shape index (κ2) is 10.4. The molecule has 1 atom stereocenters. The molecule has 0 spiro atoms. The smallest absolute Gasteiger partial charge is 0.457 e. The average molecular weight is 592 g/mol. The molecule has 0 aliphatic carbocycles. The van der Waals surface area contributed by atoms with Gasteiger partial charge < -0.3 is 14.2 Å².